The zero-order chi connectivity index (χ0) is 15.1. The summed E-state index contributed by atoms with van der Waals surface area (Å²) in [5.41, 5.74) is 2.37. The highest BCUT2D eigenvalue weighted by atomic mass is 79.9. The lowest BCUT2D eigenvalue weighted by Crippen LogP contribution is -2.16. The fraction of sp³-hybridized carbons (Fsp3) is 0.250. The van der Waals surface area contributed by atoms with Gasteiger partial charge in [0.25, 0.3) is 5.69 Å². The van der Waals surface area contributed by atoms with Gasteiger partial charge in [0.1, 0.15) is 5.75 Å². The van der Waals surface area contributed by atoms with E-state index in [9.17, 15) is 10.1 Å². The minimum absolute atomic E-state index is 0. The van der Waals surface area contributed by atoms with Gasteiger partial charge in [0.15, 0.2) is 0 Å². The highest BCUT2D eigenvalue weighted by molar-refractivity contribution is 8.93. The second-order valence-corrected chi connectivity index (χ2v) is 4.70. The van der Waals surface area contributed by atoms with Crippen molar-refractivity contribution in [3.05, 3.63) is 69.8 Å². The Morgan fingerprint density at radius 2 is 1.86 bits per heavy atom. The van der Waals surface area contributed by atoms with Gasteiger partial charge in [0, 0.05) is 18.7 Å². The molecule has 1 N–H and O–H groups in total. The average molecular weight is 367 g/mol. The molecule has 0 aliphatic rings. The molecule has 0 bridgehead atoms. The Morgan fingerprint density at radius 3 is 2.50 bits per heavy atom. The lowest BCUT2D eigenvalue weighted by molar-refractivity contribution is -0.384. The fourth-order valence-corrected chi connectivity index (χ4v) is 2.03. The van der Waals surface area contributed by atoms with Crippen LogP contribution < -0.4 is 10.1 Å². The highest BCUT2D eigenvalue weighted by Crippen LogP contribution is 2.13. The molecule has 0 amide bonds. The van der Waals surface area contributed by atoms with Gasteiger partial charge in [-0.25, -0.2) is 0 Å². The van der Waals surface area contributed by atoms with Crippen molar-refractivity contribution >= 4 is 22.7 Å². The van der Waals surface area contributed by atoms with Crippen LogP contribution in [0.4, 0.5) is 5.69 Å². The molecule has 0 heterocycles. The van der Waals surface area contributed by atoms with Crippen LogP contribution in [0.2, 0.25) is 0 Å². The molecule has 0 aromatic heterocycles. The van der Waals surface area contributed by atoms with Gasteiger partial charge in [-0.3, -0.25) is 10.1 Å². The summed E-state index contributed by atoms with van der Waals surface area (Å²) in [6, 6.07) is 14.6. The van der Waals surface area contributed by atoms with Crippen LogP contribution in [0.5, 0.6) is 5.75 Å². The maximum Gasteiger partial charge on any atom is 0.269 e. The van der Waals surface area contributed by atoms with Crippen LogP contribution in [0.15, 0.2) is 48.5 Å². The van der Waals surface area contributed by atoms with Crippen LogP contribution in [0, 0.1) is 10.1 Å². The highest BCUT2D eigenvalue weighted by Gasteiger charge is 2.03. The zero-order valence-corrected chi connectivity index (χ0v) is 14.0. The summed E-state index contributed by atoms with van der Waals surface area (Å²) >= 11 is 0. The van der Waals surface area contributed by atoms with E-state index < -0.39 is 0 Å². The van der Waals surface area contributed by atoms with Crippen LogP contribution in [-0.2, 0) is 13.0 Å². The Bertz CT molecular complexity index is 603. The molecule has 0 aliphatic carbocycles. The zero-order valence-electron chi connectivity index (χ0n) is 12.3. The number of benzene rings is 2. The van der Waals surface area contributed by atoms with Crippen LogP contribution >= 0.6 is 17.0 Å². The maximum absolute atomic E-state index is 10.6. The van der Waals surface area contributed by atoms with E-state index in [1.807, 2.05) is 18.2 Å². The largest absolute Gasteiger partial charge is 0.497 e. The number of methoxy groups -OCH3 is 1. The molecular weight excluding hydrogens is 348 g/mol. The normalized spacial score (nSPS) is 9.86. The number of hydrogen-bond acceptors (Lipinski definition) is 4. The summed E-state index contributed by atoms with van der Waals surface area (Å²) in [5.74, 6) is 0.864. The van der Waals surface area contributed by atoms with E-state index in [0.29, 0.717) is 6.54 Å². The predicted molar refractivity (Wildman–Crippen MR) is 91.8 cm³/mol. The van der Waals surface area contributed by atoms with Gasteiger partial charge in [0.2, 0.25) is 0 Å². The van der Waals surface area contributed by atoms with Crippen molar-refractivity contribution < 1.29 is 9.66 Å². The molecule has 0 atom stereocenters. The van der Waals surface area contributed by atoms with Gasteiger partial charge < -0.3 is 10.1 Å². The van der Waals surface area contributed by atoms with Crippen molar-refractivity contribution in [3.8, 4) is 5.75 Å². The molecular formula is C16H19BrN2O3. The van der Waals surface area contributed by atoms with Crippen LogP contribution in [0.3, 0.4) is 0 Å². The van der Waals surface area contributed by atoms with Crippen molar-refractivity contribution in [2.45, 2.75) is 13.0 Å². The van der Waals surface area contributed by atoms with Gasteiger partial charge in [0.05, 0.1) is 12.0 Å². The van der Waals surface area contributed by atoms with Gasteiger partial charge in [-0.05, 0) is 36.2 Å². The molecule has 0 fully saturated rings. The molecule has 2 aromatic carbocycles. The minimum atomic E-state index is -0.389. The summed E-state index contributed by atoms with van der Waals surface area (Å²) in [5, 5.41) is 13.9. The Morgan fingerprint density at radius 1 is 1.14 bits per heavy atom. The first kappa shape index (κ1) is 18.1. The topological polar surface area (TPSA) is 64.4 Å². The van der Waals surface area contributed by atoms with E-state index in [4.69, 9.17) is 4.74 Å². The van der Waals surface area contributed by atoms with Crippen molar-refractivity contribution in [2.75, 3.05) is 13.7 Å². The standard InChI is InChI=1S/C16H18N2O3.BrH/c1-21-16-4-2-3-13(11-16)9-10-17-12-14-5-7-15(8-6-14)18(19)20;/h2-8,11,17H,9-10,12H2,1H3;1H. The molecule has 5 nitrogen and oxygen atoms in total. The lowest BCUT2D eigenvalue weighted by Gasteiger charge is -2.06. The Hall–Kier alpha value is -1.92. The molecule has 0 unspecified atom stereocenters. The van der Waals surface area contributed by atoms with Gasteiger partial charge in [-0.15, -0.1) is 17.0 Å². The van der Waals surface area contributed by atoms with E-state index in [-0.39, 0.29) is 27.6 Å². The van der Waals surface area contributed by atoms with Crippen LogP contribution in [0.25, 0.3) is 0 Å². The SMILES string of the molecule is Br.COc1cccc(CCNCc2ccc([N+](=O)[O-])cc2)c1. The van der Waals surface area contributed by atoms with Gasteiger partial charge in [-0.1, -0.05) is 24.3 Å². The van der Waals surface area contributed by atoms with E-state index in [0.717, 1.165) is 24.3 Å². The third-order valence-corrected chi connectivity index (χ3v) is 3.20. The molecule has 0 spiro atoms. The summed E-state index contributed by atoms with van der Waals surface area (Å²) in [4.78, 5) is 10.2. The maximum atomic E-state index is 10.6. The van der Waals surface area contributed by atoms with Crippen molar-refractivity contribution in [1.29, 1.82) is 0 Å². The minimum Gasteiger partial charge on any atom is -0.497 e. The number of hydrogen-bond donors (Lipinski definition) is 1. The van der Waals surface area contributed by atoms with Crippen LogP contribution in [0.1, 0.15) is 11.1 Å². The third kappa shape index (κ3) is 5.46. The molecule has 6 heteroatoms. The number of nitrogens with zero attached hydrogens (tertiary/aromatic N) is 1. The number of nitrogens with one attached hydrogen (secondary N) is 1. The molecule has 22 heavy (non-hydrogen) atoms. The number of nitro benzene ring substituents is 1. The number of ether oxygens (including phenoxy) is 1. The summed E-state index contributed by atoms with van der Waals surface area (Å²) in [7, 11) is 1.66. The smallest absolute Gasteiger partial charge is 0.269 e. The number of rotatable bonds is 7. The molecule has 0 saturated heterocycles. The number of nitro groups is 1. The van der Waals surface area contributed by atoms with Crippen molar-refractivity contribution in [2.24, 2.45) is 0 Å². The molecule has 0 saturated carbocycles. The average Bonchev–Trinajstić information content (AvgIpc) is 2.52. The van der Waals surface area contributed by atoms with Gasteiger partial charge >= 0.3 is 0 Å². The second kappa shape index (κ2) is 9.17. The Balaban J connectivity index is 0.00000242. The van der Waals surface area contributed by atoms with Crippen LogP contribution in [-0.4, -0.2) is 18.6 Å². The van der Waals surface area contributed by atoms with Crippen molar-refractivity contribution in [1.82, 2.24) is 5.32 Å². The molecule has 0 radical (unpaired) electrons. The lowest BCUT2D eigenvalue weighted by atomic mass is 10.1. The second-order valence-electron chi connectivity index (χ2n) is 4.70. The Labute approximate surface area is 140 Å². The van der Waals surface area contributed by atoms with E-state index >= 15 is 0 Å². The summed E-state index contributed by atoms with van der Waals surface area (Å²) in [6.45, 7) is 1.53. The van der Waals surface area contributed by atoms with Gasteiger partial charge in [-0.2, -0.15) is 0 Å². The monoisotopic (exact) mass is 366 g/mol. The van der Waals surface area contributed by atoms with E-state index in [2.05, 4.69) is 11.4 Å². The predicted octanol–water partition coefficient (Wildman–Crippen LogP) is 3.51. The molecule has 2 aromatic rings. The first-order valence-corrected chi connectivity index (χ1v) is 6.76. The fourth-order valence-electron chi connectivity index (χ4n) is 2.03. The number of non-ortho nitro benzene ring substituents is 1. The van der Waals surface area contributed by atoms with Crippen molar-refractivity contribution in [3.63, 3.8) is 0 Å². The first-order chi connectivity index (χ1) is 10.2. The summed E-state index contributed by atoms with van der Waals surface area (Å²) in [6.07, 6.45) is 0.907. The molecule has 118 valence electrons. The first-order valence-electron chi connectivity index (χ1n) is 6.76. The quantitative estimate of drug-likeness (QED) is 0.462. The van der Waals surface area contributed by atoms with E-state index in [1.165, 1.54) is 17.7 Å². The van der Waals surface area contributed by atoms with E-state index in [1.54, 1.807) is 19.2 Å². The molecule has 0 aliphatic heterocycles. The Kier molecular flexibility index (Phi) is 7.56. The summed E-state index contributed by atoms with van der Waals surface area (Å²) < 4.78 is 5.19. The number of halogens is 1. The third-order valence-electron chi connectivity index (χ3n) is 3.20. The molecule has 2 rings (SSSR count).